The summed E-state index contributed by atoms with van der Waals surface area (Å²) < 4.78 is 21.8. The van der Waals surface area contributed by atoms with Crippen molar-refractivity contribution in [2.75, 3.05) is 19.1 Å². The molecule has 1 N–H and O–H groups in total. The van der Waals surface area contributed by atoms with Crippen LogP contribution in [0.25, 0.3) is 11.0 Å². The monoisotopic (exact) mass is 510 g/mol. The van der Waals surface area contributed by atoms with Crippen molar-refractivity contribution in [1.29, 1.82) is 0 Å². The Kier molecular flexibility index (Phi) is 8.47. The van der Waals surface area contributed by atoms with Gasteiger partial charge in [0.2, 0.25) is 0 Å². The molecule has 0 radical (unpaired) electrons. The molecule has 0 aliphatic heterocycles. The number of hydrogen-bond acceptors (Lipinski definition) is 8. The molecule has 0 bridgehead atoms. The Hall–Kier alpha value is -4.01. The predicted octanol–water partition coefficient (Wildman–Crippen LogP) is 5.41. The summed E-state index contributed by atoms with van der Waals surface area (Å²) in [5.41, 5.74) is 0.530. The van der Waals surface area contributed by atoms with Crippen molar-refractivity contribution in [2.24, 2.45) is 5.92 Å². The van der Waals surface area contributed by atoms with Gasteiger partial charge in [-0.1, -0.05) is 26.0 Å². The third-order valence-corrected chi connectivity index (χ3v) is 5.42. The van der Waals surface area contributed by atoms with Crippen molar-refractivity contribution >= 4 is 34.4 Å². The van der Waals surface area contributed by atoms with E-state index in [-0.39, 0.29) is 11.7 Å². The van der Waals surface area contributed by atoms with E-state index in [9.17, 15) is 14.4 Å². The van der Waals surface area contributed by atoms with Crippen LogP contribution in [0.2, 0.25) is 0 Å². The molecule has 1 amide bonds. The second-order valence-electron chi connectivity index (χ2n) is 10.1. The number of alkyl carbamates (subject to hydrolysis) is 1. The molecular weight excluding hydrogens is 476 g/mol. The highest BCUT2D eigenvalue weighted by Crippen LogP contribution is 2.36. The summed E-state index contributed by atoms with van der Waals surface area (Å²) in [6.07, 6.45) is -0.350. The number of hydrogen-bond donors (Lipinski definition) is 1. The minimum atomic E-state index is -0.927. The first kappa shape index (κ1) is 27.6. The molecule has 0 aliphatic rings. The van der Waals surface area contributed by atoms with E-state index in [2.05, 4.69) is 5.32 Å². The highest BCUT2D eigenvalue weighted by Gasteiger charge is 2.28. The van der Waals surface area contributed by atoms with E-state index in [0.717, 1.165) is 5.39 Å². The number of ether oxygens (including phenoxy) is 3. The lowest BCUT2D eigenvalue weighted by molar-refractivity contribution is -0.137. The van der Waals surface area contributed by atoms with E-state index in [4.69, 9.17) is 18.6 Å². The Bertz CT molecular complexity index is 1320. The lowest BCUT2D eigenvalue weighted by Crippen LogP contribution is -2.45. The third-order valence-electron chi connectivity index (χ3n) is 5.42. The Balaban J connectivity index is 1.91. The molecule has 9 nitrogen and oxygen atoms in total. The zero-order valence-corrected chi connectivity index (χ0v) is 22.3. The SMILES string of the molecule is COc1ccc(N(C)c2cc(=O)oc3ccccc23)cc1OC(=O)C(CC(C)C)NC(=O)OC(C)(C)C. The summed E-state index contributed by atoms with van der Waals surface area (Å²) in [5.74, 6) is -0.0410. The molecule has 0 saturated heterocycles. The molecule has 0 fully saturated rings. The second kappa shape index (κ2) is 11.4. The van der Waals surface area contributed by atoms with Crippen LogP contribution in [-0.4, -0.2) is 37.9 Å². The highest BCUT2D eigenvalue weighted by atomic mass is 16.6. The first-order valence-electron chi connectivity index (χ1n) is 12.0. The molecule has 1 atom stereocenters. The normalized spacial score (nSPS) is 12.2. The number of anilines is 2. The van der Waals surface area contributed by atoms with Crippen LogP contribution in [-0.2, 0) is 9.53 Å². The van der Waals surface area contributed by atoms with Crippen LogP contribution in [0.4, 0.5) is 16.2 Å². The molecule has 0 saturated carbocycles. The van der Waals surface area contributed by atoms with Gasteiger partial charge in [-0.15, -0.1) is 0 Å². The van der Waals surface area contributed by atoms with Gasteiger partial charge in [0, 0.05) is 30.3 Å². The van der Waals surface area contributed by atoms with Crippen molar-refractivity contribution < 1.29 is 28.2 Å². The van der Waals surface area contributed by atoms with Crippen LogP contribution >= 0.6 is 0 Å². The summed E-state index contributed by atoms with van der Waals surface area (Å²) in [4.78, 5) is 39.5. The maximum absolute atomic E-state index is 13.2. The highest BCUT2D eigenvalue weighted by molar-refractivity contribution is 5.92. The number of rotatable bonds is 8. The van der Waals surface area contributed by atoms with Crippen LogP contribution in [0.5, 0.6) is 11.5 Å². The first-order chi connectivity index (χ1) is 17.4. The fourth-order valence-corrected chi connectivity index (χ4v) is 3.78. The molecular formula is C28H34N2O7. The minimum absolute atomic E-state index is 0.102. The van der Waals surface area contributed by atoms with Crippen molar-refractivity contribution in [3.63, 3.8) is 0 Å². The number of carbonyl (C=O) groups is 2. The Morgan fingerprint density at radius 3 is 2.41 bits per heavy atom. The van der Waals surface area contributed by atoms with Gasteiger partial charge < -0.3 is 28.8 Å². The van der Waals surface area contributed by atoms with Crippen LogP contribution in [0, 0.1) is 5.92 Å². The molecule has 9 heteroatoms. The molecule has 1 aromatic heterocycles. The molecule has 2 aromatic carbocycles. The third kappa shape index (κ3) is 7.25. The summed E-state index contributed by atoms with van der Waals surface area (Å²) in [7, 11) is 3.26. The molecule has 0 aliphatic carbocycles. The van der Waals surface area contributed by atoms with Gasteiger partial charge in [-0.05, 0) is 57.4 Å². The number of amides is 1. The fraction of sp³-hybridized carbons (Fsp3) is 0.393. The fourth-order valence-electron chi connectivity index (χ4n) is 3.78. The number of nitrogens with one attached hydrogen (secondary N) is 1. The van der Waals surface area contributed by atoms with Crippen LogP contribution < -0.4 is 25.3 Å². The molecule has 0 spiro atoms. The number of fused-ring (bicyclic) bond motifs is 1. The number of benzene rings is 2. The van der Waals surface area contributed by atoms with E-state index in [0.29, 0.717) is 29.1 Å². The summed E-state index contributed by atoms with van der Waals surface area (Å²) in [6.45, 7) is 9.11. The van der Waals surface area contributed by atoms with Gasteiger partial charge in [-0.3, -0.25) is 0 Å². The van der Waals surface area contributed by atoms with Gasteiger partial charge >= 0.3 is 17.7 Å². The van der Waals surface area contributed by atoms with Gasteiger partial charge in [0.15, 0.2) is 11.5 Å². The zero-order valence-electron chi connectivity index (χ0n) is 22.3. The lowest BCUT2D eigenvalue weighted by Gasteiger charge is -2.24. The minimum Gasteiger partial charge on any atom is -0.493 e. The van der Waals surface area contributed by atoms with Crippen molar-refractivity contribution in [2.45, 2.75) is 52.7 Å². The topological polar surface area (TPSA) is 107 Å². The average Bonchev–Trinajstić information content (AvgIpc) is 2.81. The smallest absolute Gasteiger partial charge is 0.408 e. The number of nitrogens with zero attached hydrogens (tertiary/aromatic N) is 1. The van der Waals surface area contributed by atoms with E-state index < -0.39 is 29.3 Å². The Morgan fingerprint density at radius 2 is 1.76 bits per heavy atom. The van der Waals surface area contributed by atoms with E-state index in [1.54, 1.807) is 63.1 Å². The zero-order chi connectivity index (χ0) is 27.3. The first-order valence-corrected chi connectivity index (χ1v) is 12.0. The Labute approximate surface area is 216 Å². The summed E-state index contributed by atoms with van der Waals surface area (Å²) in [5, 5.41) is 3.37. The van der Waals surface area contributed by atoms with Crippen LogP contribution in [0.1, 0.15) is 41.0 Å². The largest absolute Gasteiger partial charge is 0.493 e. The lowest BCUT2D eigenvalue weighted by atomic mass is 10.0. The van der Waals surface area contributed by atoms with Gasteiger partial charge in [-0.25, -0.2) is 14.4 Å². The number of esters is 1. The van der Waals surface area contributed by atoms with Gasteiger partial charge in [-0.2, -0.15) is 0 Å². The van der Waals surface area contributed by atoms with Crippen molar-refractivity contribution in [3.05, 3.63) is 59.0 Å². The number of methoxy groups -OCH3 is 1. The predicted molar refractivity (Wildman–Crippen MR) is 142 cm³/mol. The molecule has 1 heterocycles. The second-order valence-corrected chi connectivity index (χ2v) is 10.1. The standard InChI is InChI=1S/C28H34N2O7/c1-17(2)14-20(29-27(33)37-28(3,4)5)26(32)36-24-15-18(12-13-23(24)34-7)30(6)21-16-25(31)35-22-11-9-8-10-19(21)22/h8-13,15-17,20H,14H2,1-7H3,(H,29,33). The molecule has 198 valence electrons. The Morgan fingerprint density at radius 1 is 1.05 bits per heavy atom. The van der Waals surface area contributed by atoms with E-state index in [1.165, 1.54) is 13.2 Å². The van der Waals surface area contributed by atoms with Gasteiger partial charge in [0.1, 0.15) is 17.2 Å². The van der Waals surface area contributed by atoms with E-state index >= 15 is 0 Å². The summed E-state index contributed by atoms with van der Waals surface area (Å²) in [6, 6.07) is 12.8. The van der Waals surface area contributed by atoms with Crippen molar-refractivity contribution in [1.82, 2.24) is 5.32 Å². The van der Waals surface area contributed by atoms with Gasteiger partial charge in [0.25, 0.3) is 0 Å². The van der Waals surface area contributed by atoms with Crippen LogP contribution in [0.3, 0.4) is 0 Å². The maximum Gasteiger partial charge on any atom is 0.408 e. The number of para-hydroxylation sites is 1. The quantitative estimate of drug-likeness (QED) is 0.243. The molecule has 3 rings (SSSR count). The molecule has 3 aromatic rings. The number of carbonyl (C=O) groups excluding carboxylic acids is 2. The van der Waals surface area contributed by atoms with Gasteiger partial charge in [0.05, 0.1) is 12.8 Å². The molecule has 1 unspecified atom stereocenters. The van der Waals surface area contributed by atoms with Crippen LogP contribution in [0.15, 0.2) is 57.7 Å². The van der Waals surface area contributed by atoms with Crippen molar-refractivity contribution in [3.8, 4) is 11.5 Å². The molecule has 37 heavy (non-hydrogen) atoms. The summed E-state index contributed by atoms with van der Waals surface area (Å²) >= 11 is 0. The maximum atomic E-state index is 13.2. The average molecular weight is 511 g/mol. The van der Waals surface area contributed by atoms with E-state index in [1.807, 2.05) is 26.0 Å².